The van der Waals surface area contributed by atoms with Crippen molar-refractivity contribution in [3.05, 3.63) is 0 Å². The fraction of sp³-hybridized carbons (Fsp3) is 0.875. The molecule has 0 aliphatic heterocycles. The van der Waals surface area contributed by atoms with Gasteiger partial charge < -0.3 is 4.74 Å². The van der Waals surface area contributed by atoms with Crippen molar-refractivity contribution < 1.29 is 9.53 Å². The van der Waals surface area contributed by atoms with E-state index in [1.807, 2.05) is 0 Å². The van der Waals surface area contributed by atoms with Crippen molar-refractivity contribution in [3.8, 4) is 0 Å². The Morgan fingerprint density at radius 3 is 2.17 bits per heavy atom. The molecule has 0 radical (unpaired) electrons. The van der Waals surface area contributed by atoms with Gasteiger partial charge in [-0.2, -0.15) is 0 Å². The average Bonchev–Trinajstić information content (AvgIpc) is 2.21. The number of ether oxygens (including phenoxy) is 1. The van der Waals surface area contributed by atoms with Gasteiger partial charge in [-0.15, -0.1) is 0 Å². The molecule has 0 aromatic heterocycles. The highest BCUT2D eigenvalue weighted by molar-refractivity contribution is 9.25. The van der Waals surface area contributed by atoms with Crippen LogP contribution in [0.25, 0.3) is 0 Å². The highest BCUT2D eigenvalue weighted by Crippen LogP contribution is 2.70. The van der Waals surface area contributed by atoms with E-state index in [4.69, 9.17) is 4.74 Å². The maximum Gasteiger partial charge on any atom is 0.302 e. The molecule has 12 heavy (non-hydrogen) atoms. The third-order valence-corrected chi connectivity index (χ3v) is 5.69. The molecule has 1 fully saturated rings. The second-order valence-electron chi connectivity index (χ2n) is 3.70. The van der Waals surface area contributed by atoms with Crippen LogP contribution in [-0.2, 0) is 9.53 Å². The summed E-state index contributed by atoms with van der Waals surface area (Å²) >= 11 is 7.10. The van der Waals surface area contributed by atoms with Gasteiger partial charge >= 0.3 is 5.97 Å². The van der Waals surface area contributed by atoms with Gasteiger partial charge in [0.25, 0.3) is 0 Å². The second kappa shape index (κ2) is 2.98. The zero-order valence-corrected chi connectivity index (χ0v) is 10.5. The number of halogens is 2. The molecule has 0 spiro atoms. The van der Waals surface area contributed by atoms with Gasteiger partial charge in [0, 0.05) is 12.8 Å². The molecule has 2 nitrogen and oxygen atoms in total. The molecule has 1 aliphatic rings. The minimum absolute atomic E-state index is 0.0531. The third-order valence-electron chi connectivity index (χ3n) is 2.54. The van der Waals surface area contributed by atoms with Crippen LogP contribution in [0.4, 0.5) is 0 Å². The Bertz CT molecular complexity index is 197. The number of hydrogen-bond acceptors (Lipinski definition) is 2. The quantitative estimate of drug-likeness (QED) is 0.579. The van der Waals surface area contributed by atoms with Crippen molar-refractivity contribution in [2.45, 2.75) is 24.0 Å². The molecule has 0 amide bonds. The topological polar surface area (TPSA) is 26.3 Å². The van der Waals surface area contributed by atoms with E-state index in [9.17, 15) is 4.79 Å². The smallest absolute Gasteiger partial charge is 0.302 e. The van der Waals surface area contributed by atoms with E-state index < -0.39 is 0 Å². The summed E-state index contributed by atoms with van der Waals surface area (Å²) in [6, 6.07) is 0. The number of carbonyl (C=O) groups is 1. The van der Waals surface area contributed by atoms with Crippen LogP contribution >= 0.6 is 31.9 Å². The Morgan fingerprint density at radius 1 is 1.50 bits per heavy atom. The molecule has 70 valence electrons. The van der Waals surface area contributed by atoms with Crippen LogP contribution in [-0.4, -0.2) is 15.8 Å². The molecule has 0 heterocycles. The van der Waals surface area contributed by atoms with E-state index in [-0.39, 0.29) is 14.6 Å². The van der Waals surface area contributed by atoms with E-state index in [0.717, 1.165) is 0 Å². The Balaban J connectivity index is 2.44. The molecular formula is C8H12Br2O2. The lowest BCUT2D eigenvalue weighted by Gasteiger charge is -2.01. The SMILES string of the molecule is CC(=O)OC[C@H]1C(C)(C)C1(Br)Br. The fourth-order valence-electron chi connectivity index (χ4n) is 1.27. The average molecular weight is 300 g/mol. The molecular weight excluding hydrogens is 288 g/mol. The predicted octanol–water partition coefficient (Wildman–Crippen LogP) is 2.69. The molecule has 0 bridgehead atoms. The molecule has 4 heteroatoms. The summed E-state index contributed by atoms with van der Waals surface area (Å²) in [5, 5.41) is 0. The summed E-state index contributed by atoms with van der Waals surface area (Å²) in [6.45, 7) is 6.17. The number of carbonyl (C=O) groups excluding carboxylic acids is 1. The van der Waals surface area contributed by atoms with Gasteiger partial charge in [-0.25, -0.2) is 0 Å². The minimum Gasteiger partial charge on any atom is -0.465 e. The van der Waals surface area contributed by atoms with Crippen molar-refractivity contribution in [3.63, 3.8) is 0 Å². The van der Waals surface area contributed by atoms with E-state index >= 15 is 0 Å². The van der Waals surface area contributed by atoms with Gasteiger partial charge in [-0.1, -0.05) is 45.7 Å². The summed E-state index contributed by atoms with van der Waals surface area (Å²) in [4.78, 5) is 10.5. The molecule has 1 aliphatic carbocycles. The number of hydrogen-bond donors (Lipinski definition) is 0. The first-order valence-corrected chi connectivity index (χ1v) is 5.40. The molecule has 0 aromatic rings. The lowest BCUT2D eigenvalue weighted by atomic mass is 10.1. The van der Waals surface area contributed by atoms with Gasteiger partial charge in [0.15, 0.2) is 0 Å². The van der Waals surface area contributed by atoms with E-state index in [0.29, 0.717) is 12.5 Å². The van der Waals surface area contributed by atoms with Crippen molar-refractivity contribution >= 4 is 37.8 Å². The standard InChI is InChI=1S/C8H12Br2O2/c1-5(11)12-4-6-7(2,3)8(6,9)10/h6H,4H2,1-3H3/t6-/m0/s1. The molecule has 0 saturated heterocycles. The Hall–Kier alpha value is 0.430. The summed E-state index contributed by atoms with van der Waals surface area (Å²) in [5.74, 6) is 0.141. The minimum atomic E-state index is -0.214. The van der Waals surface area contributed by atoms with Crippen molar-refractivity contribution in [2.75, 3.05) is 6.61 Å². The van der Waals surface area contributed by atoms with Gasteiger partial charge in [-0.05, 0) is 5.41 Å². The highest BCUT2D eigenvalue weighted by atomic mass is 79.9. The maximum atomic E-state index is 10.5. The number of esters is 1. The first-order chi connectivity index (χ1) is 5.30. The Labute approximate surface area is 89.3 Å². The molecule has 0 aromatic carbocycles. The lowest BCUT2D eigenvalue weighted by Crippen LogP contribution is -2.05. The number of alkyl halides is 2. The van der Waals surface area contributed by atoms with Crippen LogP contribution in [0.5, 0.6) is 0 Å². The second-order valence-corrected chi connectivity index (χ2v) is 7.27. The van der Waals surface area contributed by atoms with E-state index in [1.54, 1.807) is 0 Å². The van der Waals surface area contributed by atoms with Gasteiger partial charge in [0.1, 0.15) is 0 Å². The summed E-state index contributed by atoms with van der Waals surface area (Å²) in [5.41, 5.74) is 0.155. The van der Waals surface area contributed by atoms with Crippen LogP contribution in [0, 0.1) is 11.3 Å². The Kier molecular flexibility index (Phi) is 2.61. The molecule has 0 N–H and O–H groups in total. The molecule has 1 atom stereocenters. The van der Waals surface area contributed by atoms with Crippen LogP contribution < -0.4 is 0 Å². The van der Waals surface area contributed by atoms with Crippen LogP contribution in [0.3, 0.4) is 0 Å². The first kappa shape index (κ1) is 10.5. The van der Waals surface area contributed by atoms with Gasteiger partial charge in [-0.3, -0.25) is 4.79 Å². The van der Waals surface area contributed by atoms with Crippen molar-refractivity contribution in [2.24, 2.45) is 11.3 Å². The Morgan fingerprint density at radius 2 is 1.92 bits per heavy atom. The van der Waals surface area contributed by atoms with Crippen molar-refractivity contribution in [1.29, 1.82) is 0 Å². The molecule has 1 rings (SSSR count). The van der Waals surface area contributed by atoms with Gasteiger partial charge in [0.05, 0.1) is 9.84 Å². The van der Waals surface area contributed by atoms with Crippen LogP contribution in [0.15, 0.2) is 0 Å². The van der Waals surface area contributed by atoms with Crippen molar-refractivity contribution in [1.82, 2.24) is 0 Å². The first-order valence-electron chi connectivity index (χ1n) is 3.81. The zero-order chi connectivity index (χ0) is 9.57. The van der Waals surface area contributed by atoms with E-state index in [1.165, 1.54) is 6.92 Å². The summed E-state index contributed by atoms with van der Waals surface area (Å²) in [7, 11) is 0. The summed E-state index contributed by atoms with van der Waals surface area (Å²) < 4.78 is 4.88. The van der Waals surface area contributed by atoms with Gasteiger partial charge in [0.2, 0.25) is 0 Å². The monoisotopic (exact) mass is 298 g/mol. The molecule has 1 saturated carbocycles. The highest BCUT2D eigenvalue weighted by Gasteiger charge is 2.69. The summed E-state index contributed by atoms with van der Waals surface area (Å²) in [6.07, 6.45) is 0. The third kappa shape index (κ3) is 1.55. The van der Waals surface area contributed by atoms with Crippen LogP contribution in [0.2, 0.25) is 0 Å². The van der Waals surface area contributed by atoms with E-state index in [2.05, 4.69) is 45.7 Å². The number of rotatable bonds is 2. The largest absolute Gasteiger partial charge is 0.465 e. The maximum absolute atomic E-state index is 10.5. The lowest BCUT2D eigenvalue weighted by molar-refractivity contribution is -0.141. The normalized spacial score (nSPS) is 29.6. The zero-order valence-electron chi connectivity index (χ0n) is 7.36. The predicted molar refractivity (Wildman–Crippen MR) is 54.5 cm³/mol. The molecule has 0 unspecified atom stereocenters. The van der Waals surface area contributed by atoms with Crippen LogP contribution in [0.1, 0.15) is 20.8 Å². The fourth-order valence-corrected chi connectivity index (χ4v) is 3.00.